The summed E-state index contributed by atoms with van der Waals surface area (Å²) in [6.07, 6.45) is 19.3. The van der Waals surface area contributed by atoms with E-state index in [4.69, 9.17) is 14.2 Å². The van der Waals surface area contributed by atoms with E-state index in [2.05, 4.69) is 32.9 Å². The highest BCUT2D eigenvalue weighted by Gasteiger charge is 2.11. The molecule has 0 N–H and O–H groups in total. The average molecular weight is 601 g/mol. The lowest BCUT2D eigenvalue weighted by atomic mass is 10.1. The quantitative estimate of drug-likeness (QED) is 0.0617. The Morgan fingerprint density at radius 1 is 0.545 bits per heavy atom. The van der Waals surface area contributed by atoms with E-state index in [-0.39, 0.29) is 12.1 Å². The van der Waals surface area contributed by atoms with Crippen molar-refractivity contribution in [2.75, 3.05) is 13.2 Å². The van der Waals surface area contributed by atoms with Gasteiger partial charge in [0.1, 0.15) is 11.5 Å². The fraction of sp³-hybridized carbons (Fsp3) is 0.525. The molecule has 3 aromatic carbocycles. The second-order valence-corrected chi connectivity index (χ2v) is 12.0. The van der Waals surface area contributed by atoms with Crippen molar-refractivity contribution in [2.24, 2.45) is 0 Å². The molecule has 0 amide bonds. The number of hydrogen-bond donors (Lipinski definition) is 0. The molecule has 0 radical (unpaired) electrons. The van der Waals surface area contributed by atoms with Crippen LogP contribution in [0.4, 0.5) is 0 Å². The summed E-state index contributed by atoms with van der Waals surface area (Å²) in [6.45, 7) is 8.11. The molecule has 240 valence electrons. The van der Waals surface area contributed by atoms with E-state index < -0.39 is 0 Å². The van der Waals surface area contributed by atoms with Gasteiger partial charge in [-0.05, 0) is 72.9 Å². The molecular weight excluding hydrogens is 544 g/mol. The van der Waals surface area contributed by atoms with Crippen LogP contribution in [-0.2, 0) is 4.74 Å². The molecule has 44 heavy (non-hydrogen) atoms. The minimum atomic E-state index is -0.362. The average Bonchev–Trinajstić information content (AvgIpc) is 3.06. The van der Waals surface area contributed by atoms with Gasteiger partial charge in [-0.25, -0.2) is 4.79 Å². The molecule has 0 aliphatic heterocycles. The van der Waals surface area contributed by atoms with Gasteiger partial charge in [-0.1, -0.05) is 134 Å². The summed E-state index contributed by atoms with van der Waals surface area (Å²) in [5.41, 5.74) is 3.76. The minimum Gasteiger partial charge on any atom is -0.494 e. The molecule has 0 saturated carbocycles. The first-order valence-corrected chi connectivity index (χ1v) is 17.4. The van der Waals surface area contributed by atoms with Crippen LogP contribution >= 0.6 is 0 Å². The largest absolute Gasteiger partial charge is 0.494 e. The van der Waals surface area contributed by atoms with Crippen LogP contribution in [-0.4, -0.2) is 19.2 Å². The summed E-state index contributed by atoms with van der Waals surface area (Å²) < 4.78 is 17.6. The normalized spacial score (nSPS) is 11.8. The third kappa shape index (κ3) is 13.7. The standard InChI is InChI=1S/C40H56O4/c1-4-6-8-10-12-14-15-17-31-42-33(3)34-19-21-37(22-20-34)40(41)44-39-29-25-36(26-30-39)35-23-27-38(28-24-35)43-32-18-16-13-11-9-7-5-2/h19-30,33H,4-18,31-32H2,1-3H3. The van der Waals surface area contributed by atoms with Gasteiger partial charge in [-0.2, -0.15) is 0 Å². The van der Waals surface area contributed by atoms with E-state index in [1.165, 1.54) is 83.5 Å². The number of esters is 1. The second-order valence-electron chi connectivity index (χ2n) is 12.0. The van der Waals surface area contributed by atoms with Crippen molar-refractivity contribution >= 4 is 5.97 Å². The number of benzene rings is 3. The van der Waals surface area contributed by atoms with Gasteiger partial charge in [0.25, 0.3) is 0 Å². The van der Waals surface area contributed by atoms with Crippen LogP contribution in [0.5, 0.6) is 11.5 Å². The highest BCUT2D eigenvalue weighted by molar-refractivity contribution is 5.91. The highest BCUT2D eigenvalue weighted by atomic mass is 16.5. The van der Waals surface area contributed by atoms with Crippen molar-refractivity contribution in [1.82, 2.24) is 0 Å². The smallest absolute Gasteiger partial charge is 0.343 e. The number of carbonyl (C=O) groups excluding carboxylic acids is 1. The molecule has 0 aliphatic rings. The molecule has 0 aromatic heterocycles. The predicted octanol–water partition coefficient (Wildman–Crippen LogP) is 11.9. The molecule has 0 saturated heterocycles. The Labute approximate surface area is 267 Å². The fourth-order valence-corrected chi connectivity index (χ4v) is 5.36. The Balaban J connectivity index is 1.35. The maximum Gasteiger partial charge on any atom is 0.343 e. The molecule has 0 fully saturated rings. The highest BCUT2D eigenvalue weighted by Crippen LogP contribution is 2.26. The van der Waals surface area contributed by atoms with Gasteiger partial charge < -0.3 is 14.2 Å². The summed E-state index contributed by atoms with van der Waals surface area (Å²) in [5, 5.41) is 0. The van der Waals surface area contributed by atoms with Gasteiger partial charge in [-0.3, -0.25) is 0 Å². The third-order valence-electron chi connectivity index (χ3n) is 8.25. The van der Waals surface area contributed by atoms with Crippen molar-refractivity contribution in [2.45, 2.75) is 123 Å². The second kappa shape index (κ2) is 21.6. The van der Waals surface area contributed by atoms with Crippen molar-refractivity contribution in [1.29, 1.82) is 0 Å². The zero-order chi connectivity index (χ0) is 31.2. The van der Waals surface area contributed by atoms with Crippen LogP contribution in [0.2, 0.25) is 0 Å². The van der Waals surface area contributed by atoms with E-state index >= 15 is 0 Å². The van der Waals surface area contributed by atoms with Gasteiger partial charge in [0.15, 0.2) is 0 Å². The molecule has 0 spiro atoms. The molecule has 3 rings (SSSR count). The summed E-state index contributed by atoms with van der Waals surface area (Å²) in [5.74, 6) is 1.07. The van der Waals surface area contributed by atoms with Gasteiger partial charge in [0, 0.05) is 6.61 Å². The number of carbonyl (C=O) groups is 1. The Hall–Kier alpha value is -3.11. The molecule has 4 nitrogen and oxygen atoms in total. The first kappa shape index (κ1) is 35.4. The molecule has 0 aliphatic carbocycles. The van der Waals surface area contributed by atoms with E-state index in [0.29, 0.717) is 11.3 Å². The molecule has 1 atom stereocenters. The Kier molecular flexibility index (Phi) is 17.3. The van der Waals surface area contributed by atoms with Gasteiger partial charge >= 0.3 is 5.97 Å². The van der Waals surface area contributed by atoms with Crippen LogP contribution < -0.4 is 9.47 Å². The van der Waals surface area contributed by atoms with Crippen LogP contribution in [0, 0.1) is 0 Å². The molecule has 0 bridgehead atoms. The molecule has 4 heteroatoms. The van der Waals surface area contributed by atoms with Crippen LogP contribution in [0.1, 0.15) is 139 Å². The van der Waals surface area contributed by atoms with Gasteiger partial charge in [-0.15, -0.1) is 0 Å². The lowest BCUT2D eigenvalue weighted by Crippen LogP contribution is -2.09. The molecule has 0 heterocycles. The van der Waals surface area contributed by atoms with Crippen LogP contribution in [0.15, 0.2) is 72.8 Å². The monoisotopic (exact) mass is 600 g/mol. The maximum absolute atomic E-state index is 12.8. The Bertz CT molecular complexity index is 1150. The zero-order valence-corrected chi connectivity index (χ0v) is 27.7. The van der Waals surface area contributed by atoms with E-state index in [1.807, 2.05) is 60.7 Å². The number of hydrogen-bond acceptors (Lipinski definition) is 4. The summed E-state index contributed by atoms with van der Waals surface area (Å²) in [4.78, 5) is 12.8. The fourth-order valence-electron chi connectivity index (χ4n) is 5.36. The lowest BCUT2D eigenvalue weighted by molar-refractivity contribution is 0.0626. The van der Waals surface area contributed by atoms with Crippen molar-refractivity contribution in [3.05, 3.63) is 83.9 Å². The van der Waals surface area contributed by atoms with E-state index in [9.17, 15) is 4.79 Å². The SMILES string of the molecule is CCCCCCCCCCOC(C)c1ccc(C(=O)Oc2ccc(-c3ccc(OCCCCCCCCC)cc3)cc2)cc1. The predicted molar refractivity (Wildman–Crippen MR) is 184 cm³/mol. The molecular formula is C40H56O4. The van der Waals surface area contributed by atoms with E-state index in [1.54, 1.807) is 0 Å². The summed E-state index contributed by atoms with van der Waals surface area (Å²) in [7, 11) is 0. The lowest BCUT2D eigenvalue weighted by Gasteiger charge is -2.14. The van der Waals surface area contributed by atoms with Crippen LogP contribution in [0.3, 0.4) is 0 Å². The number of ether oxygens (including phenoxy) is 3. The molecule has 3 aromatic rings. The Morgan fingerprint density at radius 3 is 1.52 bits per heavy atom. The van der Waals surface area contributed by atoms with Crippen LogP contribution in [0.25, 0.3) is 11.1 Å². The van der Waals surface area contributed by atoms with Crippen molar-refractivity contribution in [3.63, 3.8) is 0 Å². The first-order valence-electron chi connectivity index (χ1n) is 17.4. The first-order chi connectivity index (χ1) is 21.6. The zero-order valence-electron chi connectivity index (χ0n) is 27.7. The minimum absolute atomic E-state index is 0.00269. The number of unbranched alkanes of at least 4 members (excludes halogenated alkanes) is 13. The topological polar surface area (TPSA) is 44.8 Å². The Morgan fingerprint density at radius 2 is 1.00 bits per heavy atom. The third-order valence-corrected chi connectivity index (χ3v) is 8.25. The summed E-state index contributed by atoms with van der Waals surface area (Å²) in [6, 6.07) is 23.4. The van der Waals surface area contributed by atoms with E-state index in [0.717, 1.165) is 48.5 Å². The van der Waals surface area contributed by atoms with Crippen molar-refractivity contribution in [3.8, 4) is 22.6 Å². The van der Waals surface area contributed by atoms with Gasteiger partial charge in [0.2, 0.25) is 0 Å². The number of rotatable bonds is 23. The maximum atomic E-state index is 12.8. The van der Waals surface area contributed by atoms with Gasteiger partial charge in [0.05, 0.1) is 18.3 Å². The molecule has 1 unspecified atom stereocenters. The summed E-state index contributed by atoms with van der Waals surface area (Å²) >= 11 is 0. The van der Waals surface area contributed by atoms with Crippen molar-refractivity contribution < 1.29 is 19.0 Å².